The van der Waals surface area contributed by atoms with Crippen LogP contribution in [0.3, 0.4) is 0 Å². The van der Waals surface area contributed by atoms with E-state index in [2.05, 4.69) is 16.5 Å². The fourth-order valence-electron chi connectivity index (χ4n) is 6.81. The molecule has 9 nitrogen and oxygen atoms in total. The van der Waals surface area contributed by atoms with Gasteiger partial charge in [0.05, 0.1) is 11.3 Å². The molecular formula is C33H29ClF2N6O3. The molecule has 4 aromatic rings. The maximum Gasteiger partial charge on any atom is 0.354 e. The molecule has 0 spiro atoms. The summed E-state index contributed by atoms with van der Waals surface area (Å²) in [6, 6.07) is 2.29. The van der Waals surface area contributed by atoms with Gasteiger partial charge in [-0.2, -0.15) is 4.98 Å². The second-order valence-electron chi connectivity index (χ2n) is 12.3. The van der Waals surface area contributed by atoms with Crippen LogP contribution < -0.4 is 15.3 Å². The van der Waals surface area contributed by atoms with Crippen molar-refractivity contribution in [2.45, 2.75) is 57.1 Å². The first kappa shape index (κ1) is 28.1. The highest BCUT2D eigenvalue weighted by molar-refractivity contribution is 6.33. The standard InChI is InChI=1S/C33H29ClF2N6O3/c1-3-23(43)40-10-11-41(16(2)14-40)32-27-29(30-25(31(34)38-27)24-19(15-45-30)8-9-22(35)26(24)36)42(33(44)39-32)28-20(17-4-5-17)12-37-13-21(28)18-6-7-18/h3,8-9,12-13,16-18H,1,4-7,10-11,14-15H2,2H3/t16-/m0/s1. The van der Waals surface area contributed by atoms with Crippen LogP contribution in [0.25, 0.3) is 27.8 Å². The van der Waals surface area contributed by atoms with Crippen LogP contribution in [0.4, 0.5) is 14.6 Å². The first-order chi connectivity index (χ1) is 21.8. The predicted octanol–water partition coefficient (Wildman–Crippen LogP) is 5.64. The number of nitrogens with zero attached hydrogens (tertiary/aromatic N) is 6. The molecule has 12 heteroatoms. The van der Waals surface area contributed by atoms with E-state index in [9.17, 15) is 14.0 Å². The fourth-order valence-corrected chi connectivity index (χ4v) is 7.07. The summed E-state index contributed by atoms with van der Waals surface area (Å²) >= 11 is 6.84. The van der Waals surface area contributed by atoms with Gasteiger partial charge in [-0.05, 0) is 67.7 Å². The van der Waals surface area contributed by atoms with E-state index in [1.54, 1.807) is 4.90 Å². The number of halogens is 3. The number of anilines is 1. The van der Waals surface area contributed by atoms with E-state index in [0.717, 1.165) is 42.9 Å². The van der Waals surface area contributed by atoms with E-state index in [0.29, 0.717) is 47.7 Å². The van der Waals surface area contributed by atoms with Crippen molar-refractivity contribution in [2.24, 2.45) is 0 Å². The summed E-state index contributed by atoms with van der Waals surface area (Å²) in [5, 5.41) is -0.0936. The molecule has 1 amide bonds. The van der Waals surface area contributed by atoms with E-state index in [1.165, 1.54) is 16.7 Å². The molecule has 0 bridgehead atoms. The van der Waals surface area contributed by atoms with Crippen LogP contribution in [0.2, 0.25) is 5.15 Å². The lowest BCUT2D eigenvalue weighted by atomic mass is 9.96. The number of rotatable bonds is 5. The number of piperazine rings is 1. The van der Waals surface area contributed by atoms with Gasteiger partial charge in [-0.1, -0.05) is 24.2 Å². The Morgan fingerprint density at radius 3 is 2.42 bits per heavy atom. The van der Waals surface area contributed by atoms with E-state index in [-0.39, 0.29) is 52.4 Å². The van der Waals surface area contributed by atoms with Crippen molar-refractivity contribution in [2.75, 3.05) is 24.5 Å². The second kappa shape index (κ2) is 10.3. The van der Waals surface area contributed by atoms with Crippen LogP contribution >= 0.6 is 11.6 Å². The lowest BCUT2D eigenvalue weighted by molar-refractivity contribution is -0.126. The zero-order valence-electron chi connectivity index (χ0n) is 24.5. The molecule has 4 aliphatic rings. The molecule has 0 unspecified atom stereocenters. The van der Waals surface area contributed by atoms with Crippen molar-refractivity contribution in [1.29, 1.82) is 0 Å². The number of carbonyl (C=O) groups is 1. The molecule has 2 aliphatic carbocycles. The van der Waals surface area contributed by atoms with Crippen LogP contribution in [0, 0.1) is 11.6 Å². The Kier molecular flexibility index (Phi) is 6.46. The lowest BCUT2D eigenvalue weighted by Gasteiger charge is -2.40. The van der Waals surface area contributed by atoms with Gasteiger partial charge in [0.15, 0.2) is 23.2 Å². The zero-order valence-corrected chi connectivity index (χ0v) is 25.3. The molecule has 0 N–H and O–H groups in total. The Labute approximate surface area is 262 Å². The summed E-state index contributed by atoms with van der Waals surface area (Å²) < 4.78 is 38.0. The number of aromatic nitrogens is 4. The number of benzene rings is 1. The van der Waals surface area contributed by atoms with Gasteiger partial charge in [0.1, 0.15) is 22.8 Å². The van der Waals surface area contributed by atoms with Crippen LogP contribution in [0.15, 0.2) is 42.0 Å². The second-order valence-corrected chi connectivity index (χ2v) is 12.6. The summed E-state index contributed by atoms with van der Waals surface area (Å²) in [4.78, 5) is 44.4. The molecule has 2 aliphatic heterocycles. The van der Waals surface area contributed by atoms with Crippen molar-refractivity contribution in [3.63, 3.8) is 0 Å². The molecule has 230 valence electrons. The molecule has 1 aromatic carbocycles. The summed E-state index contributed by atoms with van der Waals surface area (Å²) in [7, 11) is 0. The minimum atomic E-state index is -1.05. The van der Waals surface area contributed by atoms with Gasteiger partial charge in [-0.25, -0.2) is 18.6 Å². The number of carbonyl (C=O) groups excluding carboxylic acids is 1. The van der Waals surface area contributed by atoms with E-state index < -0.39 is 17.3 Å². The van der Waals surface area contributed by atoms with Crippen LogP contribution in [0.5, 0.6) is 5.75 Å². The lowest BCUT2D eigenvalue weighted by Crippen LogP contribution is -2.54. The molecule has 3 fully saturated rings. The van der Waals surface area contributed by atoms with Crippen LogP contribution in [0.1, 0.15) is 61.1 Å². The zero-order chi connectivity index (χ0) is 31.1. The average Bonchev–Trinajstić information content (AvgIpc) is 3.96. The van der Waals surface area contributed by atoms with Crippen LogP contribution in [-0.2, 0) is 11.4 Å². The normalized spacial score (nSPS) is 19.2. The predicted molar refractivity (Wildman–Crippen MR) is 165 cm³/mol. The molecule has 2 saturated carbocycles. The Balaban J connectivity index is 1.44. The maximum absolute atomic E-state index is 15.5. The van der Waals surface area contributed by atoms with Gasteiger partial charge < -0.3 is 14.5 Å². The van der Waals surface area contributed by atoms with E-state index in [4.69, 9.17) is 21.3 Å². The third-order valence-corrected chi connectivity index (χ3v) is 9.61. The highest BCUT2D eigenvalue weighted by Gasteiger charge is 2.38. The SMILES string of the molecule is C=CC(=O)N1CCN(c2nc(=O)n(-c3c(C4CC4)cncc3C3CC3)c3c4c(c(Cl)nc23)-c2c(ccc(F)c2F)CO4)[C@@H](C)C1. The summed E-state index contributed by atoms with van der Waals surface area (Å²) in [6.07, 6.45) is 8.80. The van der Waals surface area contributed by atoms with Crippen molar-refractivity contribution < 1.29 is 18.3 Å². The summed E-state index contributed by atoms with van der Waals surface area (Å²) in [5.74, 6) is -1.33. The highest BCUT2D eigenvalue weighted by Crippen LogP contribution is 2.51. The third-order valence-electron chi connectivity index (χ3n) is 9.33. The average molecular weight is 631 g/mol. The molecule has 1 saturated heterocycles. The maximum atomic E-state index is 15.5. The summed E-state index contributed by atoms with van der Waals surface area (Å²) in [6.45, 7) is 6.63. The Hall–Kier alpha value is -4.38. The molecule has 5 heterocycles. The topological polar surface area (TPSA) is 93.5 Å². The minimum absolute atomic E-state index is 0.0301. The van der Waals surface area contributed by atoms with Gasteiger partial charge >= 0.3 is 5.69 Å². The van der Waals surface area contributed by atoms with Crippen molar-refractivity contribution in [1.82, 2.24) is 24.4 Å². The number of hydrogen-bond donors (Lipinski definition) is 0. The smallest absolute Gasteiger partial charge is 0.354 e. The third kappa shape index (κ3) is 4.42. The number of pyridine rings is 2. The van der Waals surface area contributed by atoms with Crippen molar-refractivity contribution in [3.8, 4) is 22.6 Å². The van der Waals surface area contributed by atoms with Gasteiger partial charge in [-0.15, -0.1) is 0 Å². The Bertz CT molecular complexity index is 1980. The largest absolute Gasteiger partial charge is 0.486 e. The van der Waals surface area contributed by atoms with Crippen LogP contribution in [-0.4, -0.2) is 56.0 Å². The first-order valence-corrected chi connectivity index (χ1v) is 15.6. The Morgan fingerprint density at radius 2 is 1.78 bits per heavy atom. The number of amides is 1. The number of fused-ring (bicyclic) bond motifs is 5. The first-order valence-electron chi connectivity index (χ1n) is 15.2. The molecule has 8 rings (SSSR count). The highest BCUT2D eigenvalue weighted by atomic mass is 35.5. The number of hydrogen-bond acceptors (Lipinski definition) is 7. The minimum Gasteiger partial charge on any atom is -0.486 e. The molecule has 0 radical (unpaired) electrons. The van der Waals surface area contributed by atoms with Gasteiger partial charge in [-0.3, -0.25) is 14.3 Å². The molecule has 3 aromatic heterocycles. The fraction of sp³-hybridized carbons (Fsp3) is 0.364. The monoisotopic (exact) mass is 630 g/mol. The van der Waals surface area contributed by atoms with E-state index in [1.807, 2.05) is 24.2 Å². The molecule has 1 atom stereocenters. The molecular weight excluding hydrogens is 602 g/mol. The Morgan fingerprint density at radius 1 is 1.07 bits per heavy atom. The summed E-state index contributed by atoms with van der Waals surface area (Å²) in [5.41, 5.74) is 3.13. The van der Waals surface area contributed by atoms with Crippen molar-refractivity contribution in [3.05, 3.63) is 81.1 Å². The number of ether oxygens (including phenoxy) is 1. The molecule has 45 heavy (non-hydrogen) atoms. The van der Waals surface area contributed by atoms with Gasteiger partial charge in [0.25, 0.3) is 0 Å². The van der Waals surface area contributed by atoms with Gasteiger partial charge in [0.2, 0.25) is 5.91 Å². The van der Waals surface area contributed by atoms with Gasteiger partial charge in [0, 0.05) is 49.2 Å². The van der Waals surface area contributed by atoms with E-state index >= 15 is 4.39 Å². The van der Waals surface area contributed by atoms with Crippen molar-refractivity contribution >= 4 is 34.4 Å². The quantitative estimate of drug-likeness (QED) is 0.208.